The number of nitrogens with zero attached hydrogens (tertiary/aromatic N) is 7. The zero-order valence-corrected chi connectivity index (χ0v) is 32.3. The number of fused-ring (bicyclic) bond motifs is 2. The number of nitrogens with one attached hydrogen (secondary N) is 2. The first-order valence-corrected chi connectivity index (χ1v) is 20.2. The summed E-state index contributed by atoms with van der Waals surface area (Å²) in [6.45, 7) is 2.96. The van der Waals surface area contributed by atoms with Crippen LogP contribution in [-0.2, 0) is 4.79 Å². The Balaban J connectivity index is 0.782. The molecule has 58 heavy (non-hydrogen) atoms. The van der Waals surface area contributed by atoms with Gasteiger partial charge in [-0.3, -0.25) is 10.1 Å². The minimum atomic E-state index is -1.10. The van der Waals surface area contributed by atoms with Gasteiger partial charge in [-0.25, -0.2) is 24.8 Å². The van der Waals surface area contributed by atoms with Gasteiger partial charge in [0.15, 0.2) is 0 Å². The number of hydrogen-bond donors (Lipinski definition) is 6. The molecule has 6 N–H and O–H groups in total. The summed E-state index contributed by atoms with van der Waals surface area (Å²) in [5.74, 6) is 0.658. The standard InChI is InChI=1S/C43H49N9O6/c1-25(53)51(31-12-8-29(9-13-31)47-42-44-21-27-4-2-3-5-36(27)48-42)30-10-6-26(7-11-30)28-22-45-43(46-23-28)58-33-18-19-50(24-33)32-14-15-34-35(20-32)41(57)52(40(34)56)37-16-17-38(54)49-39(37)55/h2-7,10-11,14-15,20-23,29,31,33,37-41,49,54-57H,8-9,12-13,16-19,24H2,1H3,(H,44,47,48)/t29?,31?,33-,37-,38-,39-,40-,41-/m1/s1. The Morgan fingerprint density at radius 2 is 1.59 bits per heavy atom. The van der Waals surface area contributed by atoms with Gasteiger partial charge in [-0.2, -0.15) is 0 Å². The smallest absolute Gasteiger partial charge is 0.316 e. The van der Waals surface area contributed by atoms with Crippen molar-refractivity contribution in [1.82, 2.24) is 30.2 Å². The number of anilines is 3. The van der Waals surface area contributed by atoms with E-state index in [4.69, 9.17) is 4.74 Å². The molecule has 0 unspecified atom stereocenters. The molecule has 1 aliphatic carbocycles. The molecule has 3 aromatic carbocycles. The van der Waals surface area contributed by atoms with E-state index in [0.717, 1.165) is 72.1 Å². The molecule has 4 aliphatic rings. The Kier molecular flexibility index (Phi) is 10.7. The number of carbonyl (C=O) groups excluding carboxylic acids is 1. The predicted molar refractivity (Wildman–Crippen MR) is 217 cm³/mol. The van der Waals surface area contributed by atoms with Crippen molar-refractivity contribution in [3.05, 3.63) is 96.4 Å². The van der Waals surface area contributed by atoms with Gasteiger partial charge in [0.2, 0.25) is 11.9 Å². The highest BCUT2D eigenvalue weighted by Crippen LogP contribution is 2.44. The number of aliphatic hydroxyl groups is 4. The topological polar surface area (TPSA) is 193 Å². The maximum absolute atomic E-state index is 12.9. The first-order chi connectivity index (χ1) is 28.2. The second-order valence-corrected chi connectivity index (χ2v) is 15.8. The van der Waals surface area contributed by atoms with Crippen LogP contribution in [0.4, 0.5) is 17.3 Å². The molecule has 5 heterocycles. The summed E-state index contributed by atoms with van der Waals surface area (Å²) in [5.41, 5.74) is 5.64. The number of piperidine rings is 1. The fourth-order valence-corrected chi connectivity index (χ4v) is 9.13. The number of amides is 1. The van der Waals surface area contributed by atoms with E-state index in [1.165, 1.54) is 4.90 Å². The van der Waals surface area contributed by atoms with Crippen molar-refractivity contribution >= 4 is 34.1 Å². The summed E-state index contributed by atoms with van der Waals surface area (Å²) < 4.78 is 6.20. The van der Waals surface area contributed by atoms with Crippen LogP contribution in [0, 0.1) is 0 Å². The summed E-state index contributed by atoms with van der Waals surface area (Å²) in [7, 11) is 0. The molecule has 9 rings (SSSR count). The Morgan fingerprint density at radius 1 is 0.828 bits per heavy atom. The molecule has 6 atom stereocenters. The van der Waals surface area contributed by atoms with Crippen molar-refractivity contribution in [1.29, 1.82) is 0 Å². The van der Waals surface area contributed by atoms with Gasteiger partial charge >= 0.3 is 6.01 Å². The maximum Gasteiger partial charge on any atom is 0.316 e. The molecule has 3 aliphatic heterocycles. The average Bonchev–Trinajstić information content (AvgIpc) is 3.80. The zero-order valence-electron chi connectivity index (χ0n) is 32.3. The van der Waals surface area contributed by atoms with Crippen molar-refractivity contribution in [2.75, 3.05) is 28.2 Å². The van der Waals surface area contributed by atoms with Gasteiger partial charge in [-0.15, -0.1) is 0 Å². The van der Waals surface area contributed by atoms with Gasteiger partial charge in [-0.1, -0.05) is 36.4 Å². The van der Waals surface area contributed by atoms with Crippen LogP contribution < -0.4 is 25.2 Å². The van der Waals surface area contributed by atoms with Crippen molar-refractivity contribution < 1.29 is 30.0 Å². The number of hydrogen-bond acceptors (Lipinski definition) is 14. The van der Waals surface area contributed by atoms with Crippen LogP contribution in [0.2, 0.25) is 0 Å². The number of para-hydroxylation sites is 1. The van der Waals surface area contributed by atoms with E-state index in [1.54, 1.807) is 19.3 Å². The zero-order chi connectivity index (χ0) is 39.9. The molecule has 0 spiro atoms. The van der Waals surface area contributed by atoms with E-state index in [-0.39, 0.29) is 24.1 Å². The summed E-state index contributed by atoms with van der Waals surface area (Å²) in [6.07, 6.45) is 6.28. The Hall–Kier alpha value is -5.29. The fourth-order valence-electron chi connectivity index (χ4n) is 9.13. The van der Waals surface area contributed by atoms with Crippen molar-refractivity contribution in [3.8, 4) is 17.1 Å². The van der Waals surface area contributed by atoms with Crippen molar-refractivity contribution in [3.63, 3.8) is 0 Å². The monoisotopic (exact) mass is 787 g/mol. The number of benzene rings is 3. The molecule has 2 saturated heterocycles. The van der Waals surface area contributed by atoms with Crippen LogP contribution in [-0.4, -0.2) is 101 Å². The van der Waals surface area contributed by atoms with Crippen LogP contribution in [0.3, 0.4) is 0 Å². The molecule has 15 nitrogen and oxygen atoms in total. The second kappa shape index (κ2) is 16.2. The van der Waals surface area contributed by atoms with Gasteiger partial charge < -0.3 is 40.3 Å². The lowest BCUT2D eigenvalue weighted by Gasteiger charge is -2.40. The highest BCUT2D eigenvalue weighted by molar-refractivity contribution is 5.92. The fraction of sp³-hybridized carbons (Fsp3) is 0.419. The van der Waals surface area contributed by atoms with Gasteiger partial charge in [-0.05, 0) is 74.4 Å². The maximum atomic E-state index is 12.9. The molecular formula is C43H49N9O6. The molecule has 1 amide bonds. The summed E-state index contributed by atoms with van der Waals surface area (Å²) in [4.78, 5) is 36.7. The van der Waals surface area contributed by atoms with Gasteiger partial charge in [0.1, 0.15) is 31.0 Å². The third-order valence-corrected chi connectivity index (χ3v) is 12.2. The lowest BCUT2D eigenvalue weighted by Crippen LogP contribution is -2.57. The Bertz CT molecular complexity index is 2240. The van der Waals surface area contributed by atoms with Crippen molar-refractivity contribution in [2.45, 2.75) is 101 Å². The molecular weight excluding hydrogens is 739 g/mol. The van der Waals surface area contributed by atoms with E-state index in [2.05, 4.69) is 35.5 Å². The van der Waals surface area contributed by atoms with Crippen LogP contribution in [0.5, 0.6) is 6.01 Å². The minimum Gasteiger partial charge on any atom is -0.458 e. The Labute approximate surface area is 336 Å². The van der Waals surface area contributed by atoms with Crippen LogP contribution in [0.25, 0.3) is 22.0 Å². The first kappa shape index (κ1) is 38.2. The normalized spacial score (nSPS) is 27.4. The molecule has 15 heteroatoms. The molecule has 302 valence electrons. The number of aromatic nitrogens is 4. The third kappa shape index (κ3) is 7.68. The van der Waals surface area contributed by atoms with Gasteiger partial charge in [0, 0.05) is 84.0 Å². The largest absolute Gasteiger partial charge is 0.458 e. The third-order valence-electron chi connectivity index (χ3n) is 12.2. The first-order valence-electron chi connectivity index (χ1n) is 20.2. The number of carbonyl (C=O) groups is 1. The average molecular weight is 788 g/mol. The van der Waals surface area contributed by atoms with Crippen LogP contribution in [0.15, 0.2) is 85.3 Å². The van der Waals surface area contributed by atoms with E-state index in [9.17, 15) is 25.2 Å². The molecule has 1 saturated carbocycles. The summed E-state index contributed by atoms with van der Waals surface area (Å²) in [5, 5.41) is 49.9. The van der Waals surface area contributed by atoms with Crippen LogP contribution >= 0.6 is 0 Å². The summed E-state index contributed by atoms with van der Waals surface area (Å²) in [6, 6.07) is 21.6. The molecule has 0 radical (unpaired) electrons. The predicted octanol–water partition coefficient (Wildman–Crippen LogP) is 4.21. The van der Waals surface area contributed by atoms with Crippen LogP contribution in [0.1, 0.15) is 75.5 Å². The summed E-state index contributed by atoms with van der Waals surface area (Å²) >= 11 is 0. The van der Waals surface area contributed by atoms with E-state index < -0.39 is 31.0 Å². The highest BCUT2D eigenvalue weighted by Gasteiger charge is 2.45. The molecule has 5 aromatic rings. The highest BCUT2D eigenvalue weighted by atomic mass is 16.5. The SMILES string of the molecule is CC(=O)N(c1ccc(-c2cnc(O[C@@H]3CCN(c4ccc5c(c4)[C@@H](O)N([C@@H]4CC[C@@H](O)N[C@@H]4O)[C@@H]5O)C3)nc2)cc1)C1CCC(Nc2ncc3ccccc3n2)CC1. The van der Waals surface area contributed by atoms with Crippen molar-refractivity contribution in [2.24, 2.45) is 0 Å². The molecule has 2 aromatic heterocycles. The minimum absolute atomic E-state index is 0.0203. The lowest BCUT2D eigenvalue weighted by atomic mass is 9.89. The number of aliphatic hydroxyl groups excluding tert-OH is 4. The number of rotatable bonds is 9. The quantitative estimate of drug-likeness (QED) is 0.125. The molecule has 0 bridgehead atoms. The van der Waals surface area contributed by atoms with E-state index in [0.29, 0.717) is 42.5 Å². The van der Waals surface area contributed by atoms with E-state index in [1.807, 2.05) is 77.8 Å². The van der Waals surface area contributed by atoms with Gasteiger partial charge in [0.05, 0.1) is 18.1 Å². The van der Waals surface area contributed by atoms with E-state index >= 15 is 0 Å². The number of ether oxygens (including phenoxy) is 1. The molecule has 3 fully saturated rings. The van der Waals surface area contributed by atoms with Gasteiger partial charge in [0.25, 0.3) is 0 Å². The lowest BCUT2D eigenvalue weighted by molar-refractivity contribution is -0.159. The second-order valence-electron chi connectivity index (χ2n) is 15.8. The Morgan fingerprint density at radius 3 is 2.34 bits per heavy atom.